The van der Waals surface area contributed by atoms with E-state index < -0.39 is 0 Å². The third-order valence-corrected chi connectivity index (χ3v) is 1.88. The van der Waals surface area contributed by atoms with E-state index in [1.54, 1.807) is 0 Å². The fourth-order valence-electron chi connectivity index (χ4n) is 0.799. The summed E-state index contributed by atoms with van der Waals surface area (Å²) in [6.07, 6.45) is 0.818. The van der Waals surface area contributed by atoms with Gasteiger partial charge in [0.15, 0.2) is 0 Å². The molecule has 0 aromatic rings. The van der Waals surface area contributed by atoms with Gasteiger partial charge in [0, 0.05) is 0 Å². The molecule has 84 valence electrons. The molecular weight excluding hydrogens is 180 g/mol. The summed E-state index contributed by atoms with van der Waals surface area (Å²) in [6.45, 7) is 10.6. The Balaban J connectivity index is 3.51. The minimum Gasteiger partial charge on any atom is -0.463 e. The molecule has 1 atom stereocenters. The van der Waals surface area contributed by atoms with E-state index in [-0.39, 0.29) is 17.5 Å². The standard InChI is InChI=1S/C11H22O3/c1-6-9(2)10(12)13-7-8-14-11(3,4)5/h9H,6-8H2,1-5H3. The van der Waals surface area contributed by atoms with Crippen LogP contribution in [0.1, 0.15) is 41.0 Å². The van der Waals surface area contributed by atoms with Gasteiger partial charge in [-0.25, -0.2) is 0 Å². The molecule has 0 radical (unpaired) electrons. The van der Waals surface area contributed by atoms with Crippen LogP contribution in [-0.2, 0) is 14.3 Å². The van der Waals surface area contributed by atoms with E-state index in [9.17, 15) is 4.79 Å². The van der Waals surface area contributed by atoms with Crippen LogP contribution in [0, 0.1) is 5.92 Å². The second-order valence-electron chi connectivity index (χ2n) is 4.44. The third kappa shape index (κ3) is 6.89. The number of ether oxygens (including phenoxy) is 2. The minimum absolute atomic E-state index is 0.00960. The first-order valence-corrected chi connectivity index (χ1v) is 5.17. The van der Waals surface area contributed by atoms with Crippen molar-refractivity contribution in [3.8, 4) is 0 Å². The van der Waals surface area contributed by atoms with Gasteiger partial charge in [0.25, 0.3) is 0 Å². The molecule has 3 heteroatoms. The zero-order valence-electron chi connectivity index (χ0n) is 9.92. The maximum absolute atomic E-state index is 11.2. The monoisotopic (exact) mass is 202 g/mol. The molecular formula is C11H22O3. The Morgan fingerprint density at radius 3 is 2.29 bits per heavy atom. The molecule has 0 amide bonds. The van der Waals surface area contributed by atoms with Gasteiger partial charge in [0.05, 0.1) is 18.1 Å². The van der Waals surface area contributed by atoms with Crippen molar-refractivity contribution in [3.63, 3.8) is 0 Å². The lowest BCUT2D eigenvalue weighted by molar-refractivity contribution is -0.151. The van der Waals surface area contributed by atoms with Crippen LogP contribution in [0.3, 0.4) is 0 Å². The average Bonchev–Trinajstić information content (AvgIpc) is 2.09. The molecule has 0 aliphatic heterocycles. The summed E-state index contributed by atoms with van der Waals surface area (Å²) in [5, 5.41) is 0. The number of esters is 1. The van der Waals surface area contributed by atoms with E-state index in [2.05, 4.69) is 0 Å². The Morgan fingerprint density at radius 1 is 1.29 bits per heavy atom. The van der Waals surface area contributed by atoms with E-state index in [0.29, 0.717) is 13.2 Å². The van der Waals surface area contributed by atoms with E-state index in [1.165, 1.54) is 0 Å². The normalized spacial score (nSPS) is 13.8. The molecule has 0 aromatic carbocycles. The molecule has 0 aromatic heterocycles. The van der Waals surface area contributed by atoms with Gasteiger partial charge in [-0.2, -0.15) is 0 Å². The summed E-state index contributed by atoms with van der Waals surface area (Å²) < 4.78 is 10.4. The Bertz CT molecular complexity index is 170. The Morgan fingerprint density at radius 2 is 1.86 bits per heavy atom. The van der Waals surface area contributed by atoms with Crippen LogP contribution in [0.4, 0.5) is 0 Å². The summed E-state index contributed by atoms with van der Waals surface area (Å²) >= 11 is 0. The fourth-order valence-corrected chi connectivity index (χ4v) is 0.799. The SMILES string of the molecule is CCC(C)C(=O)OCCOC(C)(C)C. The molecule has 0 heterocycles. The second kappa shape index (κ2) is 6.02. The summed E-state index contributed by atoms with van der Waals surface area (Å²) in [4.78, 5) is 11.2. The number of rotatable bonds is 5. The van der Waals surface area contributed by atoms with Gasteiger partial charge in [-0.15, -0.1) is 0 Å². The molecule has 14 heavy (non-hydrogen) atoms. The molecule has 0 N–H and O–H groups in total. The van der Waals surface area contributed by atoms with Crippen LogP contribution < -0.4 is 0 Å². The number of hydrogen-bond donors (Lipinski definition) is 0. The summed E-state index contributed by atoms with van der Waals surface area (Å²) in [5.41, 5.74) is -0.164. The van der Waals surface area contributed by atoms with Crippen molar-refractivity contribution < 1.29 is 14.3 Å². The largest absolute Gasteiger partial charge is 0.463 e. The zero-order valence-corrected chi connectivity index (χ0v) is 9.92. The highest BCUT2D eigenvalue weighted by atomic mass is 16.6. The predicted molar refractivity (Wildman–Crippen MR) is 56.1 cm³/mol. The smallest absolute Gasteiger partial charge is 0.308 e. The average molecular weight is 202 g/mol. The topological polar surface area (TPSA) is 35.5 Å². The lowest BCUT2D eigenvalue weighted by Gasteiger charge is -2.19. The highest BCUT2D eigenvalue weighted by molar-refractivity contribution is 5.71. The molecule has 0 aliphatic rings. The molecule has 0 spiro atoms. The van der Waals surface area contributed by atoms with Crippen molar-refractivity contribution >= 4 is 5.97 Å². The van der Waals surface area contributed by atoms with E-state index in [1.807, 2.05) is 34.6 Å². The van der Waals surface area contributed by atoms with Gasteiger partial charge < -0.3 is 9.47 Å². The maximum atomic E-state index is 11.2. The predicted octanol–water partition coefficient (Wildman–Crippen LogP) is 2.39. The Kier molecular flexibility index (Phi) is 5.77. The van der Waals surface area contributed by atoms with Crippen molar-refractivity contribution in [2.75, 3.05) is 13.2 Å². The van der Waals surface area contributed by atoms with Gasteiger partial charge in [-0.1, -0.05) is 13.8 Å². The van der Waals surface area contributed by atoms with Gasteiger partial charge >= 0.3 is 5.97 Å². The first-order chi connectivity index (χ1) is 6.37. The number of hydrogen-bond acceptors (Lipinski definition) is 3. The first-order valence-electron chi connectivity index (χ1n) is 5.17. The lowest BCUT2D eigenvalue weighted by Crippen LogP contribution is -2.23. The second-order valence-corrected chi connectivity index (χ2v) is 4.44. The fraction of sp³-hybridized carbons (Fsp3) is 0.909. The highest BCUT2D eigenvalue weighted by Gasteiger charge is 2.13. The molecule has 3 nitrogen and oxygen atoms in total. The van der Waals surface area contributed by atoms with Crippen molar-refractivity contribution in [1.29, 1.82) is 0 Å². The molecule has 0 aliphatic carbocycles. The van der Waals surface area contributed by atoms with E-state index in [0.717, 1.165) is 6.42 Å². The van der Waals surface area contributed by atoms with Crippen LogP contribution in [0.5, 0.6) is 0 Å². The molecule has 1 unspecified atom stereocenters. The van der Waals surface area contributed by atoms with Crippen LogP contribution in [-0.4, -0.2) is 24.8 Å². The summed E-state index contributed by atoms with van der Waals surface area (Å²) in [7, 11) is 0. The third-order valence-electron chi connectivity index (χ3n) is 1.88. The van der Waals surface area contributed by atoms with Crippen molar-refractivity contribution in [3.05, 3.63) is 0 Å². The Labute approximate surface area is 86.8 Å². The highest BCUT2D eigenvalue weighted by Crippen LogP contribution is 2.07. The molecule has 0 bridgehead atoms. The van der Waals surface area contributed by atoms with Gasteiger partial charge in [-0.05, 0) is 27.2 Å². The van der Waals surface area contributed by atoms with E-state index in [4.69, 9.17) is 9.47 Å². The van der Waals surface area contributed by atoms with Gasteiger partial charge in [0.2, 0.25) is 0 Å². The maximum Gasteiger partial charge on any atom is 0.308 e. The lowest BCUT2D eigenvalue weighted by atomic mass is 10.1. The van der Waals surface area contributed by atoms with Crippen LogP contribution in [0.25, 0.3) is 0 Å². The minimum atomic E-state index is -0.164. The van der Waals surface area contributed by atoms with Crippen LogP contribution in [0.2, 0.25) is 0 Å². The van der Waals surface area contributed by atoms with Gasteiger partial charge in [-0.3, -0.25) is 4.79 Å². The van der Waals surface area contributed by atoms with E-state index >= 15 is 0 Å². The number of carbonyl (C=O) groups excluding carboxylic acids is 1. The summed E-state index contributed by atoms with van der Waals surface area (Å²) in [6, 6.07) is 0. The number of carbonyl (C=O) groups is 1. The Hall–Kier alpha value is -0.570. The van der Waals surface area contributed by atoms with Crippen molar-refractivity contribution in [1.82, 2.24) is 0 Å². The molecule has 0 saturated carbocycles. The molecule has 0 fully saturated rings. The quantitative estimate of drug-likeness (QED) is 0.507. The first kappa shape index (κ1) is 13.4. The summed E-state index contributed by atoms with van der Waals surface area (Å²) in [5.74, 6) is -0.144. The molecule has 0 rings (SSSR count). The zero-order chi connectivity index (χ0) is 11.2. The van der Waals surface area contributed by atoms with Crippen LogP contribution >= 0.6 is 0 Å². The molecule has 0 saturated heterocycles. The van der Waals surface area contributed by atoms with Crippen molar-refractivity contribution in [2.24, 2.45) is 5.92 Å². The van der Waals surface area contributed by atoms with Gasteiger partial charge in [0.1, 0.15) is 6.61 Å². The van der Waals surface area contributed by atoms with Crippen molar-refractivity contribution in [2.45, 2.75) is 46.6 Å². The van der Waals surface area contributed by atoms with Crippen LogP contribution in [0.15, 0.2) is 0 Å².